The number of nitrogens with zero attached hydrogens (tertiary/aromatic N) is 1. The number of benzene rings is 2. The molecule has 3 aromatic rings. The van der Waals surface area contributed by atoms with Crippen LogP contribution in [-0.2, 0) is 22.1 Å². The van der Waals surface area contributed by atoms with E-state index in [1.54, 1.807) is 18.2 Å². The van der Waals surface area contributed by atoms with E-state index in [0.717, 1.165) is 18.6 Å². The van der Waals surface area contributed by atoms with E-state index in [1.165, 1.54) is 24.3 Å². The summed E-state index contributed by atoms with van der Waals surface area (Å²) in [5.41, 5.74) is -0.368. The number of hydrogen-bond acceptors (Lipinski definition) is 4. The number of fused-ring (bicyclic) bond motifs is 1. The minimum Gasteiger partial charge on any atom is -0.467 e. The summed E-state index contributed by atoms with van der Waals surface area (Å²) < 4.78 is 44.4. The summed E-state index contributed by atoms with van der Waals surface area (Å²) in [6.07, 6.45) is -4.96. The molecule has 0 fully saturated rings. The van der Waals surface area contributed by atoms with Crippen molar-refractivity contribution in [3.63, 3.8) is 0 Å². The Hall–Kier alpha value is -3.42. The molecule has 8 heteroatoms. The second-order valence-corrected chi connectivity index (χ2v) is 6.30. The molecular formula is C21H17F3N2O3. The number of amides is 1. The van der Waals surface area contributed by atoms with Crippen LogP contribution in [0, 0.1) is 0 Å². The van der Waals surface area contributed by atoms with E-state index in [-0.39, 0.29) is 17.7 Å². The molecule has 29 heavy (non-hydrogen) atoms. The number of alkyl halides is 3. The van der Waals surface area contributed by atoms with Gasteiger partial charge in [-0.05, 0) is 23.8 Å². The fraction of sp³-hybridized carbons (Fsp3) is 0.190. The molecule has 0 aliphatic rings. The van der Waals surface area contributed by atoms with Crippen LogP contribution in [0.1, 0.15) is 21.6 Å². The maximum atomic E-state index is 13.2. The van der Waals surface area contributed by atoms with Gasteiger partial charge >= 0.3 is 12.1 Å². The zero-order valence-electron chi connectivity index (χ0n) is 15.4. The van der Waals surface area contributed by atoms with Gasteiger partial charge in [0.2, 0.25) is 0 Å². The molecule has 1 atom stereocenters. The van der Waals surface area contributed by atoms with Gasteiger partial charge in [0.15, 0.2) is 0 Å². The standard InChI is InChI=1S/C21H17F3N2O3/c1-29-20(28)18(12-14-7-2-4-8-15(14)21(22,23)24)26-19(27)17-11-10-13-6-3-5-9-16(13)25-17/h2-11,18H,12H2,1H3,(H,26,27)/t18-/m0/s1. The predicted molar refractivity (Wildman–Crippen MR) is 100 cm³/mol. The Bertz CT molecular complexity index is 1050. The number of carbonyl (C=O) groups excluding carboxylic acids is 2. The van der Waals surface area contributed by atoms with E-state index < -0.39 is 29.7 Å². The van der Waals surface area contributed by atoms with E-state index in [0.29, 0.717) is 5.52 Å². The first-order chi connectivity index (χ1) is 13.8. The molecule has 3 rings (SSSR count). The summed E-state index contributed by atoms with van der Waals surface area (Å²) in [5, 5.41) is 3.26. The molecule has 0 saturated heterocycles. The topological polar surface area (TPSA) is 68.3 Å². The first-order valence-electron chi connectivity index (χ1n) is 8.69. The van der Waals surface area contributed by atoms with Crippen molar-refractivity contribution < 1.29 is 27.5 Å². The highest BCUT2D eigenvalue weighted by molar-refractivity contribution is 5.97. The van der Waals surface area contributed by atoms with E-state index in [9.17, 15) is 22.8 Å². The highest BCUT2D eigenvalue weighted by Crippen LogP contribution is 2.32. The van der Waals surface area contributed by atoms with Crippen LogP contribution >= 0.6 is 0 Å². The summed E-state index contributed by atoms with van der Waals surface area (Å²) in [6.45, 7) is 0. The van der Waals surface area contributed by atoms with Gasteiger partial charge in [0, 0.05) is 11.8 Å². The first-order valence-corrected chi connectivity index (χ1v) is 8.69. The van der Waals surface area contributed by atoms with Crippen molar-refractivity contribution in [3.8, 4) is 0 Å². The second-order valence-electron chi connectivity index (χ2n) is 6.30. The lowest BCUT2D eigenvalue weighted by molar-refractivity contribution is -0.144. The first kappa shape index (κ1) is 20.3. The van der Waals surface area contributed by atoms with Crippen molar-refractivity contribution in [1.29, 1.82) is 0 Å². The molecule has 0 aliphatic heterocycles. The van der Waals surface area contributed by atoms with Gasteiger partial charge in [0.05, 0.1) is 18.2 Å². The Morgan fingerprint density at radius 2 is 1.72 bits per heavy atom. The molecule has 0 aliphatic carbocycles. The molecule has 1 aromatic heterocycles. The maximum Gasteiger partial charge on any atom is 0.416 e. The van der Waals surface area contributed by atoms with Gasteiger partial charge < -0.3 is 10.1 Å². The third-order valence-electron chi connectivity index (χ3n) is 4.37. The fourth-order valence-electron chi connectivity index (χ4n) is 2.95. The number of carbonyl (C=O) groups is 2. The Morgan fingerprint density at radius 1 is 1.03 bits per heavy atom. The fourth-order valence-corrected chi connectivity index (χ4v) is 2.95. The summed E-state index contributed by atoms with van der Waals surface area (Å²) in [6, 6.07) is 13.9. The number of methoxy groups -OCH3 is 1. The van der Waals surface area contributed by atoms with Gasteiger partial charge in [-0.1, -0.05) is 42.5 Å². The smallest absolute Gasteiger partial charge is 0.416 e. The van der Waals surface area contributed by atoms with Crippen molar-refractivity contribution in [2.75, 3.05) is 7.11 Å². The largest absolute Gasteiger partial charge is 0.467 e. The van der Waals surface area contributed by atoms with Crippen LogP contribution in [0.15, 0.2) is 60.7 Å². The van der Waals surface area contributed by atoms with Gasteiger partial charge in [0.1, 0.15) is 11.7 Å². The molecule has 0 spiro atoms. The number of halogens is 3. The number of hydrogen-bond donors (Lipinski definition) is 1. The lowest BCUT2D eigenvalue weighted by Gasteiger charge is -2.19. The molecule has 1 heterocycles. The number of nitrogens with one attached hydrogen (secondary N) is 1. The van der Waals surface area contributed by atoms with Crippen LogP contribution < -0.4 is 5.32 Å². The van der Waals surface area contributed by atoms with Crippen LogP contribution in [0.25, 0.3) is 10.9 Å². The molecule has 0 radical (unpaired) electrons. The van der Waals surface area contributed by atoms with E-state index in [4.69, 9.17) is 0 Å². The Morgan fingerprint density at radius 3 is 2.45 bits per heavy atom. The molecule has 1 N–H and O–H groups in total. The molecule has 0 bridgehead atoms. The molecule has 150 valence electrons. The second kappa shape index (κ2) is 8.30. The van der Waals surface area contributed by atoms with Crippen LogP contribution in [0.2, 0.25) is 0 Å². The highest BCUT2D eigenvalue weighted by Gasteiger charge is 2.34. The van der Waals surface area contributed by atoms with E-state index in [1.807, 2.05) is 12.1 Å². The van der Waals surface area contributed by atoms with Crippen molar-refractivity contribution in [3.05, 3.63) is 77.5 Å². The van der Waals surface area contributed by atoms with Crippen molar-refractivity contribution in [2.24, 2.45) is 0 Å². The monoisotopic (exact) mass is 402 g/mol. The minimum absolute atomic E-state index is 0.0432. The Labute approximate surface area is 164 Å². The third-order valence-corrected chi connectivity index (χ3v) is 4.37. The zero-order chi connectivity index (χ0) is 21.0. The molecule has 0 saturated carbocycles. The van der Waals surface area contributed by atoms with Crippen LogP contribution in [0.4, 0.5) is 13.2 Å². The number of para-hydroxylation sites is 1. The van der Waals surface area contributed by atoms with Crippen molar-refractivity contribution >= 4 is 22.8 Å². The summed E-state index contributed by atoms with van der Waals surface area (Å²) in [7, 11) is 1.10. The average Bonchev–Trinajstić information content (AvgIpc) is 2.71. The molecule has 1 amide bonds. The van der Waals surface area contributed by atoms with E-state index >= 15 is 0 Å². The summed E-state index contributed by atoms with van der Waals surface area (Å²) in [5.74, 6) is -1.54. The van der Waals surface area contributed by atoms with Crippen LogP contribution in [0.5, 0.6) is 0 Å². The number of rotatable bonds is 5. The van der Waals surface area contributed by atoms with Gasteiger partial charge in [0.25, 0.3) is 5.91 Å². The lowest BCUT2D eigenvalue weighted by Crippen LogP contribution is -2.43. The van der Waals surface area contributed by atoms with Gasteiger partial charge in [-0.15, -0.1) is 0 Å². The Kier molecular flexibility index (Phi) is 5.81. The number of pyridine rings is 1. The number of aromatic nitrogens is 1. The number of ether oxygens (including phenoxy) is 1. The zero-order valence-corrected chi connectivity index (χ0v) is 15.4. The average molecular weight is 402 g/mol. The Balaban J connectivity index is 1.86. The third kappa shape index (κ3) is 4.71. The molecule has 0 unspecified atom stereocenters. The quantitative estimate of drug-likeness (QED) is 0.660. The van der Waals surface area contributed by atoms with Crippen LogP contribution in [0.3, 0.4) is 0 Å². The van der Waals surface area contributed by atoms with Gasteiger partial charge in [-0.25, -0.2) is 9.78 Å². The van der Waals surface area contributed by atoms with E-state index in [2.05, 4.69) is 15.0 Å². The van der Waals surface area contributed by atoms with Crippen molar-refractivity contribution in [2.45, 2.75) is 18.6 Å². The van der Waals surface area contributed by atoms with Gasteiger partial charge in [-0.2, -0.15) is 13.2 Å². The van der Waals surface area contributed by atoms with Crippen LogP contribution in [-0.4, -0.2) is 30.0 Å². The SMILES string of the molecule is COC(=O)[C@H](Cc1ccccc1C(F)(F)F)NC(=O)c1ccc2ccccc2n1. The summed E-state index contributed by atoms with van der Waals surface area (Å²) in [4.78, 5) is 28.9. The summed E-state index contributed by atoms with van der Waals surface area (Å²) >= 11 is 0. The maximum absolute atomic E-state index is 13.2. The predicted octanol–water partition coefficient (Wildman–Crippen LogP) is 3.77. The minimum atomic E-state index is -4.58. The molecule has 5 nitrogen and oxygen atoms in total. The molecule has 2 aromatic carbocycles. The van der Waals surface area contributed by atoms with Gasteiger partial charge in [-0.3, -0.25) is 4.79 Å². The molecular weight excluding hydrogens is 385 g/mol. The number of esters is 1. The van der Waals surface area contributed by atoms with Crippen molar-refractivity contribution in [1.82, 2.24) is 10.3 Å². The normalized spacial score (nSPS) is 12.4. The lowest BCUT2D eigenvalue weighted by atomic mass is 9.99. The highest BCUT2D eigenvalue weighted by atomic mass is 19.4.